The van der Waals surface area contributed by atoms with Crippen LogP contribution in [0.15, 0.2) is 22.7 Å². The smallest absolute Gasteiger partial charge is 0.389 e. The summed E-state index contributed by atoms with van der Waals surface area (Å²) in [5.74, 6) is 0.120. The third kappa shape index (κ3) is 4.95. The van der Waals surface area contributed by atoms with Gasteiger partial charge in [0.2, 0.25) is 0 Å². The lowest BCUT2D eigenvalue weighted by atomic mass is 10.2. The largest absolute Gasteiger partial charge is 0.493 e. The molecule has 0 radical (unpaired) electrons. The van der Waals surface area contributed by atoms with Crippen LogP contribution in [-0.4, -0.2) is 18.6 Å². The zero-order chi connectivity index (χ0) is 13.8. The third-order valence-corrected chi connectivity index (χ3v) is 2.59. The van der Waals surface area contributed by atoms with Gasteiger partial charge in [-0.3, -0.25) is 5.41 Å². The molecule has 0 unspecified atom stereocenters. The van der Waals surface area contributed by atoms with Gasteiger partial charge in [-0.1, -0.05) is 15.9 Å². The molecule has 3 nitrogen and oxygen atoms in total. The van der Waals surface area contributed by atoms with Crippen molar-refractivity contribution < 1.29 is 17.9 Å². The lowest BCUT2D eigenvalue weighted by molar-refractivity contribution is -0.136. The van der Waals surface area contributed by atoms with Crippen molar-refractivity contribution in [2.45, 2.75) is 19.0 Å². The normalized spacial score (nSPS) is 11.3. The second-order valence-corrected chi connectivity index (χ2v) is 4.54. The Hall–Kier alpha value is -1.24. The van der Waals surface area contributed by atoms with Crippen molar-refractivity contribution in [3.8, 4) is 5.75 Å². The Kier molecular flexibility index (Phi) is 5.01. The van der Waals surface area contributed by atoms with Crippen LogP contribution in [0.4, 0.5) is 13.2 Å². The van der Waals surface area contributed by atoms with Crippen LogP contribution in [0.1, 0.15) is 18.4 Å². The highest BCUT2D eigenvalue weighted by Gasteiger charge is 2.26. The summed E-state index contributed by atoms with van der Waals surface area (Å²) in [6.07, 6.45) is -5.19. The highest BCUT2D eigenvalue weighted by molar-refractivity contribution is 9.10. The summed E-state index contributed by atoms with van der Waals surface area (Å²) in [5.41, 5.74) is 5.72. The molecule has 7 heteroatoms. The number of nitrogen functional groups attached to an aromatic ring is 1. The zero-order valence-electron chi connectivity index (χ0n) is 9.35. The van der Waals surface area contributed by atoms with E-state index in [1.807, 2.05) is 0 Å². The average Bonchev–Trinajstić information content (AvgIpc) is 2.24. The van der Waals surface area contributed by atoms with Crippen LogP contribution >= 0.6 is 15.9 Å². The fourth-order valence-corrected chi connectivity index (χ4v) is 1.65. The number of hydrogen-bond donors (Lipinski definition) is 2. The predicted octanol–water partition coefficient (Wildman–Crippen LogP) is 3.45. The summed E-state index contributed by atoms with van der Waals surface area (Å²) in [6.45, 7) is -0.0680. The van der Waals surface area contributed by atoms with E-state index in [1.165, 1.54) is 0 Å². The van der Waals surface area contributed by atoms with Gasteiger partial charge < -0.3 is 10.5 Å². The van der Waals surface area contributed by atoms with E-state index in [0.29, 0.717) is 11.3 Å². The number of halogens is 4. The number of amidine groups is 1. The summed E-state index contributed by atoms with van der Waals surface area (Å²) in [7, 11) is 0. The standard InChI is InChI=1S/C11H12BrF3N2O/c12-7-2-3-9(8(6-7)10(16)17)18-5-1-4-11(13,14)15/h2-3,6H,1,4-5H2,(H3,16,17). The molecule has 0 fully saturated rings. The Balaban J connectivity index is 2.59. The third-order valence-electron chi connectivity index (χ3n) is 2.09. The molecule has 1 rings (SSSR count). The van der Waals surface area contributed by atoms with E-state index < -0.39 is 12.6 Å². The molecule has 0 heterocycles. The van der Waals surface area contributed by atoms with Crippen LogP contribution < -0.4 is 10.5 Å². The molecule has 0 spiro atoms. The first-order valence-corrected chi connectivity index (χ1v) is 5.92. The zero-order valence-corrected chi connectivity index (χ0v) is 10.9. The van der Waals surface area contributed by atoms with Crippen molar-refractivity contribution in [2.75, 3.05) is 6.61 Å². The second kappa shape index (κ2) is 6.08. The van der Waals surface area contributed by atoms with Gasteiger partial charge in [-0.15, -0.1) is 0 Å². The van der Waals surface area contributed by atoms with Crippen molar-refractivity contribution in [1.29, 1.82) is 5.41 Å². The van der Waals surface area contributed by atoms with Crippen LogP contribution in [0.2, 0.25) is 0 Å². The van der Waals surface area contributed by atoms with Gasteiger partial charge in [-0.25, -0.2) is 0 Å². The molecule has 0 aliphatic carbocycles. The molecule has 0 atom stereocenters. The van der Waals surface area contributed by atoms with Gasteiger partial charge in [0.25, 0.3) is 0 Å². The summed E-state index contributed by atoms with van der Waals surface area (Å²) in [4.78, 5) is 0. The van der Waals surface area contributed by atoms with Crippen molar-refractivity contribution in [1.82, 2.24) is 0 Å². The fourth-order valence-electron chi connectivity index (χ4n) is 1.29. The number of nitrogens with two attached hydrogens (primary N) is 1. The second-order valence-electron chi connectivity index (χ2n) is 3.62. The Labute approximate surface area is 111 Å². The lowest BCUT2D eigenvalue weighted by Gasteiger charge is -2.11. The SMILES string of the molecule is N=C(N)c1cc(Br)ccc1OCCCC(F)(F)F. The Bertz CT molecular complexity index is 435. The molecule has 0 amide bonds. The summed E-state index contributed by atoms with van der Waals surface area (Å²) >= 11 is 3.22. The molecule has 0 saturated carbocycles. The van der Waals surface area contributed by atoms with Gasteiger partial charge >= 0.3 is 6.18 Å². The Morgan fingerprint density at radius 3 is 2.61 bits per heavy atom. The summed E-state index contributed by atoms with van der Waals surface area (Å²) in [5, 5.41) is 7.35. The van der Waals surface area contributed by atoms with Gasteiger partial charge in [0.1, 0.15) is 11.6 Å². The number of hydrogen-bond acceptors (Lipinski definition) is 2. The van der Waals surface area contributed by atoms with E-state index in [1.54, 1.807) is 18.2 Å². The van der Waals surface area contributed by atoms with Crippen LogP contribution in [0.3, 0.4) is 0 Å². The van der Waals surface area contributed by atoms with Gasteiger partial charge in [0.15, 0.2) is 0 Å². The molecule has 100 valence electrons. The molecule has 1 aromatic carbocycles. The van der Waals surface area contributed by atoms with Gasteiger partial charge in [-0.05, 0) is 24.6 Å². The lowest BCUT2D eigenvalue weighted by Crippen LogP contribution is -2.14. The molecule has 0 aliphatic rings. The summed E-state index contributed by atoms with van der Waals surface area (Å²) < 4.78 is 41.7. The van der Waals surface area contributed by atoms with E-state index in [0.717, 1.165) is 4.47 Å². The van der Waals surface area contributed by atoms with Gasteiger partial charge in [0.05, 0.1) is 12.2 Å². The quantitative estimate of drug-likeness (QED) is 0.495. The van der Waals surface area contributed by atoms with Crippen LogP contribution in [0.5, 0.6) is 5.75 Å². The highest BCUT2D eigenvalue weighted by Crippen LogP contribution is 2.24. The van der Waals surface area contributed by atoms with Crippen LogP contribution in [-0.2, 0) is 0 Å². The minimum Gasteiger partial charge on any atom is -0.493 e. The molecule has 3 N–H and O–H groups in total. The fraction of sp³-hybridized carbons (Fsp3) is 0.364. The minimum absolute atomic E-state index is 0.0680. The van der Waals surface area contributed by atoms with Crippen LogP contribution in [0, 0.1) is 5.41 Å². The first-order valence-electron chi connectivity index (χ1n) is 5.13. The van der Waals surface area contributed by atoms with Crippen LogP contribution in [0.25, 0.3) is 0 Å². The summed E-state index contributed by atoms with van der Waals surface area (Å²) in [6, 6.07) is 4.82. The van der Waals surface area contributed by atoms with Crippen molar-refractivity contribution in [3.63, 3.8) is 0 Å². The average molecular weight is 325 g/mol. The maximum Gasteiger partial charge on any atom is 0.389 e. The Morgan fingerprint density at radius 1 is 1.39 bits per heavy atom. The number of alkyl halides is 3. The van der Waals surface area contributed by atoms with Gasteiger partial charge in [-0.2, -0.15) is 13.2 Å². The first-order chi connectivity index (χ1) is 8.29. The maximum atomic E-state index is 11.9. The maximum absolute atomic E-state index is 11.9. The van der Waals surface area contributed by atoms with Crippen molar-refractivity contribution >= 4 is 21.8 Å². The molecule has 0 bridgehead atoms. The number of nitrogens with one attached hydrogen (secondary N) is 1. The van der Waals surface area contributed by atoms with E-state index in [4.69, 9.17) is 15.9 Å². The molecule has 0 saturated heterocycles. The topological polar surface area (TPSA) is 59.1 Å². The molecule has 0 aliphatic heterocycles. The monoisotopic (exact) mass is 324 g/mol. The molecule has 0 aromatic heterocycles. The molecular formula is C11H12BrF3N2O. The van der Waals surface area contributed by atoms with Gasteiger partial charge in [0, 0.05) is 10.9 Å². The number of rotatable bonds is 5. The van der Waals surface area contributed by atoms with E-state index >= 15 is 0 Å². The Morgan fingerprint density at radius 2 is 2.06 bits per heavy atom. The van der Waals surface area contributed by atoms with E-state index in [-0.39, 0.29) is 18.9 Å². The van der Waals surface area contributed by atoms with E-state index in [2.05, 4.69) is 15.9 Å². The van der Waals surface area contributed by atoms with Crippen molar-refractivity contribution in [3.05, 3.63) is 28.2 Å². The molecule has 18 heavy (non-hydrogen) atoms. The van der Waals surface area contributed by atoms with E-state index in [9.17, 15) is 13.2 Å². The molecular weight excluding hydrogens is 313 g/mol. The first kappa shape index (κ1) is 14.8. The number of benzene rings is 1. The minimum atomic E-state index is -4.17. The molecule has 1 aromatic rings. The number of ether oxygens (including phenoxy) is 1. The highest BCUT2D eigenvalue weighted by atomic mass is 79.9. The van der Waals surface area contributed by atoms with Crippen molar-refractivity contribution in [2.24, 2.45) is 5.73 Å². The predicted molar refractivity (Wildman–Crippen MR) is 65.9 cm³/mol.